The van der Waals surface area contributed by atoms with Crippen molar-refractivity contribution in [2.24, 2.45) is 5.92 Å². The maximum Gasteiger partial charge on any atom is 0.328 e. The van der Waals surface area contributed by atoms with E-state index in [0.29, 0.717) is 6.42 Å². The number of benzene rings is 1. The summed E-state index contributed by atoms with van der Waals surface area (Å²) in [6.07, 6.45) is 0.428. The largest absolute Gasteiger partial charge is 0.508 e. The molecule has 1 amide bonds. The fourth-order valence-electron chi connectivity index (χ4n) is 1.78. The Labute approximate surface area is 117 Å². The van der Waals surface area contributed by atoms with E-state index in [4.69, 9.17) is 0 Å². The molecular weight excluding hydrogens is 262 g/mol. The molecule has 1 aromatic carbocycles. The first-order chi connectivity index (χ1) is 9.35. The molecule has 0 aliphatic rings. The molecule has 3 N–H and O–H groups in total. The number of ether oxygens (including phenoxy) is 1. The van der Waals surface area contributed by atoms with Gasteiger partial charge in [0.15, 0.2) is 0 Å². The van der Waals surface area contributed by atoms with Crippen molar-refractivity contribution in [3.05, 3.63) is 23.8 Å². The van der Waals surface area contributed by atoms with E-state index >= 15 is 0 Å². The van der Waals surface area contributed by atoms with Crippen LogP contribution in [0.25, 0.3) is 0 Å². The molecule has 6 heteroatoms. The zero-order valence-corrected chi connectivity index (χ0v) is 11.7. The molecule has 0 saturated carbocycles. The van der Waals surface area contributed by atoms with Crippen molar-refractivity contribution in [1.82, 2.24) is 5.32 Å². The molecule has 1 aromatic rings. The Bertz CT molecular complexity index is 498. The molecule has 0 aliphatic heterocycles. The van der Waals surface area contributed by atoms with E-state index in [9.17, 15) is 19.8 Å². The molecule has 0 heterocycles. The lowest BCUT2D eigenvalue weighted by Crippen LogP contribution is -2.42. The summed E-state index contributed by atoms with van der Waals surface area (Å²) in [6.45, 7) is 3.83. The van der Waals surface area contributed by atoms with Crippen molar-refractivity contribution < 1.29 is 24.5 Å². The topological polar surface area (TPSA) is 95.9 Å². The molecule has 20 heavy (non-hydrogen) atoms. The van der Waals surface area contributed by atoms with Crippen molar-refractivity contribution in [3.8, 4) is 11.5 Å². The van der Waals surface area contributed by atoms with E-state index in [0.717, 1.165) is 6.07 Å². The minimum Gasteiger partial charge on any atom is -0.508 e. The Kier molecular flexibility index (Phi) is 5.37. The average Bonchev–Trinajstić information content (AvgIpc) is 2.36. The number of carbonyl (C=O) groups excluding carboxylic acids is 2. The Hall–Kier alpha value is -2.24. The third-order valence-corrected chi connectivity index (χ3v) is 2.72. The maximum absolute atomic E-state index is 12.0. The standard InChI is InChI=1S/C14H19NO5/c1-8(2)6-11(14(19)20-3)15-13(18)10-5-4-9(16)7-12(10)17/h4-5,7-8,11,16-17H,6H2,1-3H3,(H,15,18). The number of amides is 1. The van der Waals surface area contributed by atoms with Gasteiger partial charge in [-0.2, -0.15) is 0 Å². The molecule has 0 radical (unpaired) electrons. The number of nitrogens with one attached hydrogen (secondary N) is 1. The summed E-state index contributed by atoms with van der Waals surface area (Å²) in [4.78, 5) is 23.6. The van der Waals surface area contributed by atoms with E-state index in [1.165, 1.54) is 19.2 Å². The van der Waals surface area contributed by atoms with Crippen molar-refractivity contribution >= 4 is 11.9 Å². The lowest BCUT2D eigenvalue weighted by Gasteiger charge is -2.18. The summed E-state index contributed by atoms with van der Waals surface area (Å²) < 4.78 is 4.64. The van der Waals surface area contributed by atoms with Gasteiger partial charge in [0.05, 0.1) is 12.7 Å². The van der Waals surface area contributed by atoms with E-state index in [2.05, 4.69) is 10.1 Å². The number of methoxy groups -OCH3 is 1. The fraction of sp³-hybridized carbons (Fsp3) is 0.429. The summed E-state index contributed by atoms with van der Waals surface area (Å²) in [6, 6.07) is 2.85. The Morgan fingerprint density at radius 2 is 1.95 bits per heavy atom. The molecular formula is C14H19NO5. The number of hydrogen-bond acceptors (Lipinski definition) is 5. The lowest BCUT2D eigenvalue weighted by atomic mass is 10.0. The van der Waals surface area contributed by atoms with Crippen LogP contribution in [0.15, 0.2) is 18.2 Å². The van der Waals surface area contributed by atoms with Gasteiger partial charge >= 0.3 is 5.97 Å². The first-order valence-electron chi connectivity index (χ1n) is 6.25. The van der Waals surface area contributed by atoms with E-state index < -0.39 is 17.9 Å². The number of carbonyl (C=O) groups is 2. The summed E-state index contributed by atoms with van der Waals surface area (Å²) in [5.74, 6) is -1.45. The number of aromatic hydroxyl groups is 2. The first-order valence-corrected chi connectivity index (χ1v) is 6.25. The van der Waals surface area contributed by atoms with Crippen molar-refractivity contribution in [1.29, 1.82) is 0 Å². The van der Waals surface area contributed by atoms with Gasteiger partial charge in [0.1, 0.15) is 17.5 Å². The molecule has 1 atom stereocenters. The molecule has 6 nitrogen and oxygen atoms in total. The van der Waals surface area contributed by atoms with Crippen LogP contribution in [-0.4, -0.2) is 35.2 Å². The van der Waals surface area contributed by atoms with Crippen molar-refractivity contribution in [2.75, 3.05) is 7.11 Å². The summed E-state index contributed by atoms with van der Waals surface area (Å²) in [7, 11) is 1.25. The highest BCUT2D eigenvalue weighted by Crippen LogP contribution is 2.22. The van der Waals surface area contributed by atoms with Crippen LogP contribution in [0.3, 0.4) is 0 Å². The van der Waals surface area contributed by atoms with Gasteiger partial charge < -0.3 is 20.3 Å². The highest BCUT2D eigenvalue weighted by atomic mass is 16.5. The van der Waals surface area contributed by atoms with E-state index in [1.807, 2.05) is 13.8 Å². The van der Waals surface area contributed by atoms with Crippen LogP contribution in [0.1, 0.15) is 30.6 Å². The predicted octanol–water partition coefficient (Wildman–Crippen LogP) is 1.42. The van der Waals surface area contributed by atoms with Crippen LogP contribution in [0, 0.1) is 5.92 Å². The van der Waals surface area contributed by atoms with Gasteiger partial charge in [-0.25, -0.2) is 4.79 Å². The molecule has 0 fully saturated rings. The molecule has 0 saturated heterocycles. The van der Waals surface area contributed by atoms with Crippen LogP contribution >= 0.6 is 0 Å². The first kappa shape index (κ1) is 15.8. The van der Waals surface area contributed by atoms with Gasteiger partial charge in [0.2, 0.25) is 0 Å². The van der Waals surface area contributed by atoms with Crippen molar-refractivity contribution in [2.45, 2.75) is 26.3 Å². The summed E-state index contributed by atoms with van der Waals surface area (Å²) in [5, 5.41) is 21.3. The highest BCUT2D eigenvalue weighted by Gasteiger charge is 2.24. The van der Waals surface area contributed by atoms with Crippen LogP contribution in [0.4, 0.5) is 0 Å². The Morgan fingerprint density at radius 3 is 2.45 bits per heavy atom. The quantitative estimate of drug-likeness (QED) is 0.709. The molecule has 0 spiro atoms. The van der Waals surface area contributed by atoms with E-state index in [1.54, 1.807) is 0 Å². The SMILES string of the molecule is COC(=O)C(CC(C)C)NC(=O)c1ccc(O)cc1O. The number of rotatable bonds is 5. The molecule has 1 rings (SSSR count). The summed E-state index contributed by atoms with van der Waals surface area (Å²) in [5.41, 5.74) is -0.0135. The highest BCUT2D eigenvalue weighted by molar-refractivity contribution is 5.99. The number of phenolic OH excluding ortho intramolecular Hbond substituents is 2. The van der Waals surface area contributed by atoms with Crippen LogP contribution < -0.4 is 5.32 Å². The number of esters is 1. The van der Waals surface area contributed by atoms with Crippen LogP contribution in [0.2, 0.25) is 0 Å². The zero-order valence-electron chi connectivity index (χ0n) is 11.7. The Balaban J connectivity index is 2.87. The molecule has 0 bridgehead atoms. The normalized spacial score (nSPS) is 12.0. The average molecular weight is 281 g/mol. The van der Waals surface area contributed by atoms with Crippen molar-refractivity contribution in [3.63, 3.8) is 0 Å². The van der Waals surface area contributed by atoms with Gasteiger partial charge in [-0.05, 0) is 24.5 Å². The fourth-order valence-corrected chi connectivity index (χ4v) is 1.78. The number of hydrogen-bond donors (Lipinski definition) is 3. The number of phenols is 2. The van der Waals surface area contributed by atoms with Gasteiger partial charge in [0.25, 0.3) is 5.91 Å². The van der Waals surface area contributed by atoms with Gasteiger partial charge in [0, 0.05) is 6.07 Å². The second-order valence-corrected chi connectivity index (χ2v) is 4.88. The van der Waals surface area contributed by atoms with E-state index in [-0.39, 0.29) is 23.0 Å². The lowest BCUT2D eigenvalue weighted by molar-refractivity contribution is -0.143. The minimum absolute atomic E-state index is 0.0135. The summed E-state index contributed by atoms with van der Waals surface area (Å²) >= 11 is 0. The molecule has 110 valence electrons. The second kappa shape index (κ2) is 6.79. The third-order valence-electron chi connectivity index (χ3n) is 2.72. The minimum atomic E-state index is -0.777. The van der Waals surface area contributed by atoms with Crippen LogP contribution in [-0.2, 0) is 9.53 Å². The van der Waals surface area contributed by atoms with Crippen LogP contribution in [0.5, 0.6) is 11.5 Å². The molecule has 0 aliphatic carbocycles. The predicted molar refractivity (Wildman–Crippen MR) is 72.5 cm³/mol. The zero-order chi connectivity index (χ0) is 15.3. The second-order valence-electron chi connectivity index (χ2n) is 4.88. The maximum atomic E-state index is 12.0. The third kappa shape index (κ3) is 4.15. The molecule has 0 aromatic heterocycles. The molecule has 1 unspecified atom stereocenters. The Morgan fingerprint density at radius 1 is 1.30 bits per heavy atom. The van der Waals surface area contributed by atoms with Gasteiger partial charge in [-0.3, -0.25) is 4.79 Å². The van der Waals surface area contributed by atoms with Gasteiger partial charge in [-0.1, -0.05) is 13.8 Å². The van der Waals surface area contributed by atoms with Gasteiger partial charge in [-0.15, -0.1) is 0 Å². The monoisotopic (exact) mass is 281 g/mol. The smallest absolute Gasteiger partial charge is 0.328 e.